The molecular weight excluding hydrogens is 288 g/mol. The summed E-state index contributed by atoms with van der Waals surface area (Å²) >= 11 is 0. The first-order valence-electron chi connectivity index (χ1n) is 8.30. The van der Waals surface area contributed by atoms with Gasteiger partial charge in [-0.15, -0.1) is 0 Å². The zero-order valence-electron chi connectivity index (χ0n) is 14.9. The van der Waals surface area contributed by atoms with E-state index in [1.165, 1.54) is 0 Å². The fourth-order valence-corrected chi connectivity index (χ4v) is 2.06. The second kappa shape index (κ2) is 9.87. The van der Waals surface area contributed by atoms with Crippen molar-refractivity contribution < 1.29 is 4.79 Å². The van der Waals surface area contributed by atoms with Crippen LogP contribution >= 0.6 is 0 Å². The Morgan fingerprint density at radius 1 is 1.26 bits per heavy atom. The van der Waals surface area contributed by atoms with Gasteiger partial charge in [0.25, 0.3) is 0 Å². The highest BCUT2D eigenvalue weighted by atomic mass is 16.1. The van der Waals surface area contributed by atoms with E-state index in [-0.39, 0.29) is 5.91 Å². The number of benzene rings is 1. The highest BCUT2D eigenvalue weighted by Gasteiger charge is 2.06. The highest BCUT2D eigenvalue weighted by molar-refractivity contribution is 5.90. The molecule has 0 bridgehead atoms. The van der Waals surface area contributed by atoms with Gasteiger partial charge in [-0.05, 0) is 37.0 Å². The maximum Gasteiger partial charge on any atom is 0.224 e. The number of nitrogens with zero attached hydrogens (tertiary/aromatic N) is 1. The van der Waals surface area contributed by atoms with Crippen LogP contribution in [0.5, 0.6) is 0 Å². The Morgan fingerprint density at radius 2 is 2.00 bits per heavy atom. The second-order valence-corrected chi connectivity index (χ2v) is 6.23. The van der Waals surface area contributed by atoms with Crippen molar-refractivity contribution in [2.24, 2.45) is 10.9 Å². The summed E-state index contributed by atoms with van der Waals surface area (Å²) in [5.41, 5.74) is 1.93. The number of carbonyl (C=O) groups is 1. The summed E-state index contributed by atoms with van der Waals surface area (Å²) in [4.78, 5) is 16.1. The maximum atomic E-state index is 11.8. The molecule has 1 aromatic carbocycles. The largest absolute Gasteiger partial charge is 0.354 e. The molecule has 0 radical (unpaired) electrons. The molecule has 1 aromatic rings. The predicted octanol–water partition coefficient (Wildman–Crippen LogP) is 3.13. The van der Waals surface area contributed by atoms with Gasteiger partial charge in [0.1, 0.15) is 0 Å². The zero-order valence-corrected chi connectivity index (χ0v) is 14.9. The summed E-state index contributed by atoms with van der Waals surface area (Å²) in [7, 11) is 1.76. The van der Waals surface area contributed by atoms with Gasteiger partial charge in [-0.1, -0.05) is 32.9 Å². The van der Waals surface area contributed by atoms with Crippen LogP contribution in [0.3, 0.4) is 0 Å². The van der Waals surface area contributed by atoms with Crippen molar-refractivity contribution in [3.8, 4) is 0 Å². The molecule has 128 valence electrons. The van der Waals surface area contributed by atoms with Crippen molar-refractivity contribution in [2.75, 3.05) is 12.4 Å². The molecule has 0 aliphatic carbocycles. The van der Waals surface area contributed by atoms with Crippen molar-refractivity contribution in [1.82, 2.24) is 10.6 Å². The van der Waals surface area contributed by atoms with E-state index >= 15 is 0 Å². The van der Waals surface area contributed by atoms with Crippen molar-refractivity contribution >= 4 is 17.6 Å². The van der Waals surface area contributed by atoms with Crippen LogP contribution in [0, 0.1) is 5.92 Å². The quantitative estimate of drug-likeness (QED) is 0.534. The molecule has 0 fully saturated rings. The predicted molar refractivity (Wildman–Crippen MR) is 97.6 cm³/mol. The van der Waals surface area contributed by atoms with E-state index in [2.05, 4.69) is 34.8 Å². The number of amides is 1. The third-order valence-corrected chi connectivity index (χ3v) is 3.48. The number of anilines is 1. The molecule has 0 aliphatic rings. The average molecular weight is 318 g/mol. The van der Waals surface area contributed by atoms with Crippen molar-refractivity contribution in [2.45, 2.75) is 53.1 Å². The van der Waals surface area contributed by atoms with Crippen LogP contribution in [-0.2, 0) is 11.3 Å². The number of guanidine groups is 1. The third-order valence-electron chi connectivity index (χ3n) is 3.48. The zero-order chi connectivity index (χ0) is 17.2. The molecule has 3 N–H and O–H groups in total. The molecule has 0 spiro atoms. The fraction of sp³-hybridized carbons (Fsp3) is 0.556. The normalized spacial score (nSPS) is 12.9. The molecule has 0 aliphatic heterocycles. The van der Waals surface area contributed by atoms with Crippen molar-refractivity contribution in [1.29, 1.82) is 0 Å². The first-order chi connectivity index (χ1) is 10.9. The third kappa shape index (κ3) is 7.68. The number of hydrogen-bond acceptors (Lipinski definition) is 2. The SMILES string of the molecule is CCC(C)NC(=NC)NCc1cccc(NC(=O)CC(C)C)c1. The first-order valence-corrected chi connectivity index (χ1v) is 8.30. The summed E-state index contributed by atoms with van der Waals surface area (Å²) in [6, 6.07) is 8.26. The molecule has 0 heterocycles. The minimum atomic E-state index is 0.0550. The van der Waals surface area contributed by atoms with E-state index in [4.69, 9.17) is 0 Å². The van der Waals surface area contributed by atoms with E-state index < -0.39 is 0 Å². The molecule has 1 atom stereocenters. The lowest BCUT2D eigenvalue weighted by molar-refractivity contribution is -0.116. The Labute approximate surface area is 140 Å². The van der Waals surface area contributed by atoms with E-state index in [9.17, 15) is 4.79 Å². The first kappa shape index (κ1) is 19.0. The molecule has 0 saturated heterocycles. The van der Waals surface area contributed by atoms with Gasteiger partial charge < -0.3 is 16.0 Å². The Morgan fingerprint density at radius 3 is 2.61 bits per heavy atom. The molecule has 1 amide bonds. The molecule has 5 nitrogen and oxygen atoms in total. The van der Waals surface area contributed by atoms with Crippen molar-refractivity contribution in [3.05, 3.63) is 29.8 Å². The Bertz CT molecular complexity index is 526. The van der Waals surface area contributed by atoms with Gasteiger partial charge in [0.05, 0.1) is 0 Å². The summed E-state index contributed by atoms with van der Waals surface area (Å²) in [6.45, 7) is 8.99. The Balaban J connectivity index is 2.58. The summed E-state index contributed by atoms with van der Waals surface area (Å²) in [5, 5.41) is 9.56. The second-order valence-electron chi connectivity index (χ2n) is 6.23. The Hall–Kier alpha value is -2.04. The number of nitrogens with one attached hydrogen (secondary N) is 3. The molecular formula is C18H30N4O. The highest BCUT2D eigenvalue weighted by Crippen LogP contribution is 2.12. The molecule has 1 rings (SSSR count). The molecule has 23 heavy (non-hydrogen) atoms. The molecule has 0 aromatic heterocycles. The fourth-order valence-electron chi connectivity index (χ4n) is 2.06. The smallest absolute Gasteiger partial charge is 0.224 e. The Kier molecular flexibility index (Phi) is 8.16. The van der Waals surface area contributed by atoms with Crippen LogP contribution in [-0.4, -0.2) is 25.0 Å². The average Bonchev–Trinajstić information content (AvgIpc) is 2.50. The van der Waals surface area contributed by atoms with E-state index in [0.717, 1.165) is 23.6 Å². The van der Waals surface area contributed by atoms with E-state index in [0.29, 0.717) is 24.9 Å². The van der Waals surface area contributed by atoms with Crippen LogP contribution in [0.1, 0.15) is 46.1 Å². The minimum Gasteiger partial charge on any atom is -0.354 e. The van der Waals surface area contributed by atoms with Gasteiger partial charge in [0.15, 0.2) is 5.96 Å². The van der Waals surface area contributed by atoms with Crippen LogP contribution in [0.2, 0.25) is 0 Å². The van der Waals surface area contributed by atoms with Gasteiger partial charge >= 0.3 is 0 Å². The standard InChI is InChI=1S/C18H30N4O/c1-6-14(4)21-18(19-5)20-12-15-8-7-9-16(11-15)22-17(23)10-13(2)3/h7-9,11,13-14H,6,10,12H2,1-5H3,(H,22,23)(H2,19,20,21). The molecule has 1 unspecified atom stereocenters. The van der Waals surface area contributed by atoms with Gasteiger partial charge in [-0.25, -0.2) is 0 Å². The number of rotatable bonds is 7. The van der Waals surface area contributed by atoms with Crippen molar-refractivity contribution in [3.63, 3.8) is 0 Å². The lowest BCUT2D eigenvalue weighted by Crippen LogP contribution is -2.41. The van der Waals surface area contributed by atoms with Gasteiger partial charge in [0.2, 0.25) is 5.91 Å². The summed E-state index contributed by atoms with van der Waals surface area (Å²) in [5.74, 6) is 1.20. The minimum absolute atomic E-state index is 0.0550. The number of aliphatic imine (C=N–C) groups is 1. The van der Waals surface area contributed by atoms with E-state index in [1.807, 2.05) is 38.1 Å². The molecule has 5 heteroatoms. The number of carbonyl (C=O) groups excluding carboxylic acids is 1. The monoisotopic (exact) mass is 318 g/mol. The lowest BCUT2D eigenvalue weighted by atomic mass is 10.1. The van der Waals surface area contributed by atoms with Crippen LogP contribution in [0.15, 0.2) is 29.3 Å². The van der Waals surface area contributed by atoms with Crippen LogP contribution < -0.4 is 16.0 Å². The van der Waals surface area contributed by atoms with Crippen LogP contribution in [0.25, 0.3) is 0 Å². The molecule has 0 saturated carbocycles. The maximum absolute atomic E-state index is 11.8. The van der Waals surface area contributed by atoms with Gasteiger partial charge in [-0.3, -0.25) is 9.79 Å². The van der Waals surface area contributed by atoms with Gasteiger partial charge in [0, 0.05) is 31.7 Å². The van der Waals surface area contributed by atoms with Gasteiger partial charge in [-0.2, -0.15) is 0 Å². The van der Waals surface area contributed by atoms with Crippen LogP contribution in [0.4, 0.5) is 5.69 Å². The summed E-state index contributed by atoms with van der Waals surface area (Å²) < 4.78 is 0. The number of hydrogen-bond donors (Lipinski definition) is 3. The summed E-state index contributed by atoms with van der Waals surface area (Å²) in [6.07, 6.45) is 1.58. The van der Waals surface area contributed by atoms with E-state index in [1.54, 1.807) is 7.05 Å². The topological polar surface area (TPSA) is 65.5 Å². The lowest BCUT2D eigenvalue weighted by Gasteiger charge is -2.16.